The first-order valence-electron chi connectivity index (χ1n) is 7.06. The maximum Gasteiger partial charge on any atom is 0.410 e. The van der Waals surface area contributed by atoms with E-state index in [9.17, 15) is 14.9 Å². The van der Waals surface area contributed by atoms with Gasteiger partial charge < -0.3 is 9.64 Å². The summed E-state index contributed by atoms with van der Waals surface area (Å²) in [5, 5.41) is 10.4. The Morgan fingerprint density at radius 3 is 2.30 bits per heavy atom. The van der Waals surface area contributed by atoms with Crippen LogP contribution in [0.1, 0.15) is 33.6 Å². The molecule has 1 saturated heterocycles. The van der Waals surface area contributed by atoms with E-state index in [4.69, 9.17) is 4.74 Å². The van der Waals surface area contributed by atoms with Gasteiger partial charge in [-0.1, -0.05) is 0 Å². The Balaban J connectivity index is 1.98. The second-order valence-corrected chi connectivity index (χ2v) is 6.69. The van der Waals surface area contributed by atoms with Gasteiger partial charge in [-0.25, -0.2) is 4.79 Å². The first-order valence-corrected chi connectivity index (χ1v) is 7.06. The molecule has 0 radical (unpaired) electrons. The lowest BCUT2D eigenvalue weighted by Crippen LogP contribution is -2.46. The van der Waals surface area contributed by atoms with Crippen molar-refractivity contribution >= 4 is 6.09 Å². The number of amides is 1. The van der Waals surface area contributed by atoms with Crippen LogP contribution in [0, 0.1) is 27.9 Å². The second-order valence-electron chi connectivity index (χ2n) is 6.69. The van der Waals surface area contributed by atoms with Crippen molar-refractivity contribution in [1.82, 2.24) is 4.90 Å². The number of carbonyl (C=O) groups is 1. The lowest BCUT2D eigenvalue weighted by atomic mass is 9.85. The van der Waals surface area contributed by atoms with Gasteiger partial charge in [-0.3, -0.25) is 10.1 Å². The molecule has 2 unspecified atom stereocenters. The highest BCUT2D eigenvalue weighted by Crippen LogP contribution is 2.42. The quantitative estimate of drug-likeness (QED) is 0.576. The Labute approximate surface area is 118 Å². The standard InChI is InChI=1S/C14H22N2O4/c1-14(2,3)20-13(17)15-8-10-4-5-11(9-15)12(10)6-7-16(18)19/h6-7,10-12H,4-5,8-9H2,1-3H3/b7-6+. The Morgan fingerprint density at radius 2 is 1.85 bits per heavy atom. The Kier molecular flexibility index (Phi) is 4.01. The van der Waals surface area contributed by atoms with Crippen LogP contribution in [-0.2, 0) is 4.74 Å². The van der Waals surface area contributed by atoms with Crippen molar-refractivity contribution in [3.63, 3.8) is 0 Å². The molecule has 1 aliphatic heterocycles. The fourth-order valence-electron chi connectivity index (χ4n) is 3.22. The molecular weight excluding hydrogens is 260 g/mol. The molecule has 0 aromatic carbocycles. The van der Waals surface area contributed by atoms with Crippen LogP contribution in [0.15, 0.2) is 12.3 Å². The van der Waals surface area contributed by atoms with Crippen LogP contribution in [0.3, 0.4) is 0 Å². The largest absolute Gasteiger partial charge is 0.444 e. The summed E-state index contributed by atoms with van der Waals surface area (Å²) in [4.78, 5) is 23.9. The van der Waals surface area contributed by atoms with Crippen LogP contribution >= 0.6 is 0 Å². The fraction of sp³-hybridized carbons (Fsp3) is 0.786. The normalized spacial score (nSPS) is 29.8. The van der Waals surface area contributed by atoms with E-state index in [1.807, 2.05) is 20.8 Å². The number of carbonyl (C=O) groups excluding carboxylic acids is 1. The van der Waals surface area contributed by atoms with Crippen molar-refractivity contribution < 1.29 is 14.5 Å². The van der Waals surface area contributed by atoms with Gasteiger partial charge in [0.25, 0.3) is 0 Å². The topological polar surface area (TPSA) is 72.7 Å². The number of fused-ring (bicyclic) bond motifs is 2. The van der Waals surface area contributed by atoms with E-state index in [2.05, 4.69) is 0 Å². The van der Waals surface area contributed by atoms with Gasteiger partial charge in [0, 0.05) is 13.1 Å². The number of rotatable bonds is 2. The molecule has 1 saturated carbocycles. The predicted molar refractivity (Wildman–Crippen MR) is 73.6 cm³/mol. The number of ether oxygens (including phenoxy) is 1. The minimum Gasteiger partial charge on any atom is -0.444 e. The average molecular weight is 282 g/mol. The van der Waals surface area contributed by atoms with E-state index < -0.39 is 10.5 Å². The monoisotopic (exact) mass is 282 g/mol. The van der Waals surface area contributed by atoms with Crippen molar-refractivity contribution in [2.45, 2.75) is 39.2 Å². The van der Waals surface area contributed by atoms with Gasteiger partial charge in [-0.05, 0) is 57.4 Å². The van der Waals surface area contributed by atoms with Gasteiger partial charge in [0.2, 0.25) is 6.20 Å². The van der Waals surface area contributed by atoms with Crippen LogP contribution in [0.5, 0.6) is 0 Å². The zero-order chi connectivity index (χ0) is 14.9. The van der Waals surface area contributed by atoms with E-state index in [0.29, 0.717) is 24.9 Å². The maximum absolute atomic E-state index is 12.1. The molecule has 2 fully saturated rings. The molecule has 2 rings (SSSR count). The number of piperidine rings is 1. The molecule has 2 aliphatic rings. The van der Waals surface area contributed by atoms with Gasteiger partial charge in [-0.15, -0.1) is 0 Å². The van der Waals surface area contributed by atoms with E-state index in [0.717, 1.165) is 19.0 Å². The SMILES string of the molecule is CC(C)(C)OC(=O)N1CC2CCC(C1)C2/C=C/[N+](=O)[O-]. The Morgan fingerprint density at radius 1 is 1.30 bits per heavy atom. The van der Waals surface area contributed by atoms with Crippen molar-refractivity contribution in [1.29, 1.82) is 0 Å². The highest BCUT2D eigenvalue weighted by Gasteiger charge is 2.43. The lowest BCUT2D eigenvalue weighted by Gasteiger charge is -2.37. The number of allylic oxidation sites excluding steroid dienone is 1. The predicted octanol–water partition coefficient (Wildman–Crippen LogP) is 2.67. The summed E-state index contributed by atoms with van der Waals surface area (Å²) in [6.07, 6.45) is 4.52. The molecule has 0 N–H and O–H groups in total. The zero-order valence-electron chi connectivity index (χ0n) is 12.2. The summed E-state index contributed by atoms with van der Waals surface area (Å²) in [6.45, 7) is 6.83. The van der Waals surface area contributed by atoms with E-state index in [1.165, 1.54) is 0 Å². The van der Waals surface area contributed by atoms with Crippen molar-refractivity contribution in [3.8, 4) is 0 Å². The van der Waals surface area contributed by atoms with Gasteiger partial charge in [0.05, 0.1) is 4.92 Å². The number of nitro groups is 1. The van der Waals surface area contributed by atoms with Gasteiger partial charge in [-0.2, -0.15) is 0 Å². The van der Waals surface area contributed by atoms with Crippen LogP contribution < -0.4 is 0 Å². The molecule has 1 aliphatic carbocycles. The molecule has 2 atom stereocenters. The number of hydrogen-bond acceptors (Lipinski definition) is 4. The molecule has 1 amide bonds. The molecule has 0 aromatic heterocycles. The highest BCUT2D eigenvalue weighted by atomic mass is 16.6. The van der Waals surface area contributed by atoms with Crippen molar-refractivity contribution in [2.75, 3.05) is 13.1 Å². The zero-order valence-corrected chi connectivity index (χ0v) is 12.2. The second kappa shape index (κ2) is 5.42. The smallest absolute Gasteiger partial charge is 0.410 e. The van der Waals surface area contributed by atoms with Crippen LogP contribution in [-0.4, -0.2) is 34.6 Å². The van der Waals surface area contributed by atoms with Crippen molar-refractivity contribution in [3.05, 3.63) is 22.4 Å². The number of hydrogen-bond donors (Lipinski definition) is 0. The molecular formula is C14H22N2O4. The van der Waals surface area contributed by atoms with Gasteiger partial charge in [0.1, 0.15) is 5.60 Å². The molecule has 0 aromatic rings. The molecule has 0 spiro atoms. The van der Waals surface area contributed by atoms with Crippen molar-refractivity contribution in [2.24, 2.45) is 17.8 Å². The Hall–Kier alpha value is -1.59. The Bertz CT molecular complexity index is 413. The summed E-state index contributed by atoms with van der Waals surface area (Å²) in [6, 6.07) is 0. The molecule has 6 nitrogen and oxygen atoms in total. The third-order valence-corrected chi connectivity index (χ3v) is 3.99. The molecule has 1 heterocycles. The molecule has 112 valence electrons. The van der Waals surface area contributed by atoms with Crippen LogP contribution in [0.2, 0.25) is 0 Å². The molecule has 20 heavy (non-hydrogen) atoms. The summed E-state index contributed by atoms with van der Waals surface area (Å²) in [5.41, 5.74) is -0.488. The number of nitrogens with zero attached hydrogens (tertiary/aromatic N) is 2. The third-order valence-electron chi connectivity index (χ3n) is 3.99. The minimum atomic E-state index is -0.488. The maximum atomic E-state index is 12.1. The minimum absolute atomic E-state index is 0.221. The van der Waals surface area contributed by atoms with E-state index in [1.54, 1.807) is 11.0 Å². The lowest BCUT2D eigenvalue weighted by molar-refractivity contribution is -0.403. The summed E-state index contributed by atoms with van der Waals surface area (Å²) in [7, 11) is 0. The molecule has 2 bridgehead atoms. The number of likely N-dealkylation sites (tertiary alicyclic amines) is 1. The first kappa shape index (κ1) is 14.8. The molecule has 6 heteroatoms. The summed E-state index contributed by atoms with van der Waals surface area (Å²) >= 11 is 0. The first-order chi connectivity index (χ1) is 9.26. The van der Waals surface area contributed by atoms with E-state index in [-0.39, 0.29) is 12.0 Å². The highest BCUT2D eigenvalue weighted by molar-refractivity contribution is 5.68. The van der Waals surface area contributed by atoms with E-state index >= 15 is 0 Å². The van der Waals surface area contributed by atoms with Gasteiger partial charge >= 0.3 is 6.09 Å². The van der Waals surface area contributed by atoms with Crippen LogP contribution in [0.25, 0.3) is 0 Å². The average Bonchev–Trinajstić information content (AvgIpc) is 2.54. The van der Waals surface area contributed by atoms with Crippen LogP contribution in [0.4, 0.5) is 4.79 Å². The van der Waals surface area contributed by atoms with Gasteiger partial charge in [0.15, 0.2) is 0 Å². The summed E-state index contributed by atoms with van der Waals surface area (Å²) < 4.78 is 5.40. The summed E-state index contributed by atoms with van der Waals surface area (Å²) in [5.74, 6) is 0.856. The fourth-order valence-corrected chi connectivity index (χ4v) is 3.22. The third kappa shape index (κ3) is 3.49.